The molecule has 0 bridgehead atoms. The second-order valence-electron chi connectivity index (χ2n) is 4.91. The van der Waals surface area contributed by atoms with Gasteiger partial charge in [0.05, 0.1) is 17.8 Å². The highest BCUT2D eigenvalue weighted by Crippen LogP contribution is 2.28. The summed E-state index contributed by atoms with van der Waals surface area (Å²) >= 11 is 0. The number of halogens is 3. The lowest BCUT2D eigenvalue weighted by Gasteiger charge is -2.07. The monoisotopic (exact) mass is 306 g/mol. The average molecular weight is 306 g/mol. The number of nitrogens with one attached hydrogen (secondary N) is 1. The third kappa shape index (κ3) is 2.88. The van der Waals surface area contributed by atoms with Crippen LogP contribution in [0, 0.1) is 6.92 Å². The molecule has 0 atom stereocenters. The number of aromatic nitrogens is 3. The number of imidazole rings is 1. The van der Waals surface area contributed by atoms with E-state index in [9.17, 15) is 13.2 Å². The Hall–Kier alpha value is -2.57. The van der Waals surface area contributed by atoms with Crippen molar-refractivity contribution in [1.82, 2.24) is 14.4 Å². The van der Waals surface area contributed by atoms with Crippen molar-refractivity contribution < 1.29 is 13.2 Å². The summed E-state index contributed by atoms with van der Waals surface area (Å²) < 4.78 is 39.3. The van der Waals surface area contributed by atoms with E-state index in [1.807, 2.05) is 35.7 Å². The van der Waals surface area contributed by atoms with Crippen LogP contribution in [0.15, 0.2) is 42.7 Å². The van der Waals surface area contributed by atoms with Gasteiger partial charge in [-0.15, -0.1) is 0 Å². The van der Waals surface area contributed by atoms with Gasteiger partial charge in [-0.25, -0.2) is 9.97 Å². The van der Waals surface area contributed by atoms with Crippen molar-refractivity contribution in [3.05, 3.63) is 59.7 Å². The molecule has 3 rings (SSSR count). The van der Waals surface area contributed by atoms with Gasteiger partial charge in [0.15, 0.2) is 0 Å². The fourth-order valence-electron chi connectivity index (χ4n) is 2.13. The van der Waals surface area contributed by atoms with E-state index in [1.165, 1.54) is 6.07 Å². The number of hydrogen-bond acceptors (Lipinski definition) is 3. The van der Waals surface area contributed by atoms with Crippen LogP contribution in [-0.4, -0.2) is 14.4 Å². The van der Waals surface area contributed by atoms with Crippen molar-refractivity contribution in [2.24, 2.45) is 0 Å². The van der Waals surface area contributed by atoms with Crippen LogP contribution in [0.4, 0.5) is 19.0 Å². The van der Waals surface area contributed by atoms with E-state index >= 15 is 0 Å². The van der Waals surface area contributed by atoms with Crippen LogP contribution >= 0.6 is 0 Å². The Kier molecular flexibility index (Phi) is 3.48. The highest BCUT2D eigenvalue weighted by Gasteiger charge is 2.30. The van der Waals surface area contributed by atoms with Crippen LogP contribution in [0.1, 0.15) is 17.0 Å². The summed E-state index contributed by atoms with van der Waals surface area (Å²) in [6.45, 7) is 2.36. The Morgan fingerprint density at radius 2 is 2.00 bits per heavy atom. The average Bonchev–Trinajstić information content (AvgIpc) is 2.89. The first kappa shape index (κ1) is 14.4. The maximum absolute atomic E-state index is 12.5. The topological polar surface area (TPSA) is 42.2 Å². The van der Waals surface area contributed by atoms with Gasteiger partial charge in [0.2, 0.25) is 0 Å². The molecule has 3 aromatic rings. The standard InChI is InChI=1S/C15H13F3N4/c1-10-3-2-4-14-21-12(9-22(10)14)8-20-13-6-5-11(7-19-13)15(16,17)18/h2-7,9H,8H2,1H3,(H,19,20). The van der Waals surface area contributed by atoms with E-state index in [-0.39, 0.29) is 0 Å². The molecular weight excluding hydrogens is 293 g/mol. The van der Waals surface area contributed by atoms with Gasteiger partial charge < -0.3 is 9.72 Å². The predicted molar refractivity (Wildman–Crippen MR) is 76.5 cm³/mol. The summed E-state index contributed by atoms with van der Waals surface area (Å²) in [5, 5.41) is 2.97. The van der Waals surface area contributed by atoms with Gasteiger partial charge in [0, 0.05) is 18.1 Å². The van der Waals surface area contributed by atoms with Gasteiger partial charge in [-0.05, 0) is 31.2 Å². The minimum atomic E-state index is -4.37. The Morgan fingerprint density at radius 3 is 2.64 bits per heavy atom. The third-order valence-corrected chi connectivity index (χ3v) is 3.29. The summed E-state index contributed by atoms with van der Waals surface area (Å²) in [5.41, 5.74) is 1.92. The largest absolute Gasteiger partial charge is 0.417 e. The zero-order valence-corrected chi connectivity index (χ0v) is 11.7. The maximum Gasteiger partial charge on any atom is 0.417 e. The highest BCUT2D eigenvalue weighted by atomic mass is 19.4. The van der Waals surface area contributed by atoms with Gasteiger partial charge >= 0.3 is 6.18 Å². The Labute approximate surface area is 124 Å². The first-order valence-electron chi connectivity index (χ1n) is 6.64. The third-order valence-electron chi connectivity index (χ3n) is 3.29. The number of aryl methyl sites for hydroxylation is 1. The number of anilines is 1. The fraction of sp³-hybridized carbons (Fsp3) is 0.200. The fourth-order valence-corrected chi connectivity index (χ4v) is 2.13. The number of pyridine rings is 2. The van der Waals surface area contributed by atoms with Crippen molar-refractivity contribution in [2.45, 2.75) is 19.6 Å². The van der Waals surface area contributed by atoms with Crippen LogP contribution in [0.2, 0.25) is 0 Å². The van der Waals surface area contributed by atoms with E-state index in [0.717, 1.165) is 29.3 Å². The van der Waals surface area contributed by atoms with Crippen molar-refractivity contribution in [3.8, 4) is 0 Å². The molecule has 0 unspecified atom stereocenters. The summed E-state index contributed by atoms with van der Waals surface area (Å²) in [4.78, 5) is 8.20. The van der Waals surface area contributed by atoms with Gasteiger partial charge in [-0.1, -0.05) is 6.07 Å². The molecule has 0 spiro atoms. The Bertz CT molecular complexity index is 791. The molecule has 0 aliphatic heterocycles. The van der Waals surface area contributed by atoms with Crippen LogP contribution in [0.3, 0.4) is 0 Å². The van der Waals surface area contributed by atoms with Crippen molar-refractivity contribution in [1.29, 1.82) is 0 Å². The predicted octanol–water partition coefficient (Wildman–Crippen LogP) is 3.67. The number of fused-ring (bicyclic) bond motifs is 1. The summed E-state index contributed by atoms with van der Waals surface area (Å²) in [6, 6.07) is 8.11. The van der Waals surface area contributed by atoms with Crippen molar-refractivity contribution in [3.63, 3.8) is 0 Å². The second-order valence-corrected chi connectivity index (χ2v) is 4.91. The lowest BCUT2D eigenvalue weighted by Crippen LogP contribution is -2.07. The smallest absolute Gasteiger partial charge is 0.364 e. The van der Waals surface area contributed by atoms with Gasteiger partial charge in [-0.3, -0.25) is 0 Å². The zero-order valence-electron chi connectivity index (χ0n) is 11.7. The SMILES string of the molecule is Cc1cccc2nc(CNc3ccc(C(F)(F)F)cn3)cn12. The highest BCUT2D eigenvalue weighted by molar-refractivity contribution is 5.43. The van der Waals surface area contributed by atoms with Crippen LogP contribution < -0.4 is 5.32 Å². The van der Waals surface area contributed by atoms with E-state index in [1.54, 1.807) is 0 Å². The number of nitrogens with zero attached hydrogens (tertiary/aromatic N) is 3. The molecule has 0 fully saturated rings. The molecule has 0 radical (unpaired) electrons. The Morgan fingerprint density at radius 1 is 1.18 bits per heavy atom. The molecule has 3 aromatic heterocycles. The molecule has 0 aliphatic rings. The lowest BCUT2D eigenvalue weighted by atomic mass is 10.3. The number of rotatable bonds is 3. The summed E-state index contributed by atoms with van der Waals surface area (Å²) in [7, 11) is 0. The summed E-state index contributed by atoms with van der Waals surface area (Å²) in [5.74, 6) is 0.377. The van der Waals surface area contributed by atoms with E-state index < -0.39 is 11.7 Å². The van der Waals surface area contributed by atoms with Gasteiger partial charge in [-0.2, -0.15) is 13.2 Å². The van der Waals surface area contributed by atoms with Crippen LogP contribution in [0.25, 0.3) is 5.65 Å². The lowest BCUT2D eigenvalue weighted by molar-refractivity contribution is -0.137. The van der Waals surface area contributed by atoms with Crippen LogP contribution in [0.5, 0.6) is 0 Å². The molecule has 1 N–H and O–H groups in total. The molecule has 0 aromatic carbocycles. The second kappa shape index (κ2) is 5.32. The molecule has 114 valence electrons. The van der Waals surface area contributed by atoms with E-state index in [0.29, 0.717) is 12.4 Å². The minimum absolute atomic E-state index is 0.377. The Balaban J connectivity index is 1.72. The van der Waals surface area contributed by atoms with Crippen LogP contribution in [-0.2, 0) is 12.7 Å². The molecule has 0 aliphatic carbocycles. The van der Waals surface area contributed by atoms with E-state index in [4.69, 9.17) is 0 Å². The molecular formula is C15H13F3N4. The molecule has 3 heterocycles. The molecule has 7 heteroatoms. The molecule has 22 heavy (non-hydrogen) atoms. The first-order chi connectivity index (χ1) is 10.4. The first-order valence-corrected chi connectivity index (χ1v) is 6.64. The van der Waals surface area contributed by atoms with Crippen molar-refractivity contribution in [2.75, 3.05) is 5.32 Å². The van der Waals surface area contributed by atoms with E-state index in [2.05, 4.69) is 15.3 Å². The molecule has 0 saturated carbocycles. The normalized spacial score (nSPS) is 11.8. The number of alkyl halides is 3. The summed E-state index contributed by atoms with van der Waals surface area (Å²) in [6.07, 6.45) is -1.66. The quantitative estimate of drug-likeness (QED) is 0.803. The minimum Gasteiger partial charge on any atom is -0.364 e. The number of hydrogen-bond donors (Lipinski definition) is 1. The maximum atomic E-state index is 12.5. The molecule has 0 amide bonds. The molecule has 4 nitrogen and oxygen atoms in total. The van der Waals surface area contributed by atoms with Crippen molar-refractivity contribution >= 4 is 11.5 Å². The molecule has 0 saturated heterocycles. The van der Waals surface area contributed by atoms with Gasteiger partial charge in [0.1, 0.15) is 11.5 Å². The van der Waals surface area contributed by atoms with Gasteiger partial charge in [0.25, 0.3) is 0 Å². The zero-order chi connectivity index (χ0) is 15.7.